The summed E-state index contributed by atoms with van der Waals surface area (Å²) in [5.74, 6) is 0.791. The smallest absolute Gasteiger partial charge is 0.305 e. The Kier molecular flexibility index (Phi) is 4.48. The van der Waals surface area contributed by atoms with Crippen molar-refractivity contribution >= 4 is 28.6 Å². The van der Waals surface area contributed by atoms with Crippen LogP contribution in [0.4, 0.5) is 0 Å². The fourth-order valence-electron chi connectivity index (χ4n) is 2.19. The summed E-state index contributed by atoms with van der Waals surface area (Å²) in [6.07, 6.45) is 4.36. The van der Waals surface area contributed by atoms with Crippen molar-refractivity contribution < 1.29 is 14.6 Å². The number of rotatable bonds is 5. The minimum atomic E-state index is -0.169. The first-order chi connectivity index (χ1) is 8.63. The van der Waals surface area contributed by atoms with Crippen LogP contribution in [0.15, 0.2) is 12.1 Å². The lowest BCUT2D eigenvalue weighted by molar-refractivity contribution is -0.140. The zero-order valence-corrected chi connectivity index (χ0v) is 12.6. The molecule has 0 saturated heterocycles. The molecule has 98 valence electrons. The Labute approximate surface area is 121 Å². The van der Waals surface area contributed by atoms with Gasteiger partial charge in [-0.1, -0.05) is 6.07 Å². The van der Waals surface area contributed by atoms with Crippen molar-refractivity contribution in [2.24, 2.45) is 0 Å². The summed E-state index contributed by atoms with van der Waals surface area (Å²) < 4.78 is 5.54. The number of phenols is 1. The van der Waals surface area contributed by atoms with Crippen LogP contribution in [0.2, 0.25) is 0 Å². The largest absolute Gasteiger partial charge is 0.507 e. The van der Waals surface area contributed by atoms with Gasteiger partial charge in [-0.15, -0.1) is 0 Å². The summed E-state index contributed by atoms with van der Waals surface area (Å²) >= 11 is 2.16. The third-order valence-corrected chi connectivity index (χ3v) is 4.17. The van der Waals surface area contributed by atoms with Gasteiger partial charge in [0.1, 0.15) is 5.75 Å². The number of esters is 1. The van der Waals surface area contributed by atoms with Gasteiger partial charge in [0, 0.05) is 12.0 Å². The molecular weight excluding hydrogens is 343 g/mol. The van der Waals surface area contributed by atoms with E-state index < -0.39 is 0 Å². The van der Waals surface area contributed by atoms with E-state index in [1.165, 1.54) is 12.7 Å². The van der Waals surface area contributed by atoms with Gasteiger partial charge in [-0.25, -0.2) is 0 Å². The number of aromatic hydroxyl groups is 1. The molecule has 1 fully saturated rings. The van der Waals surface area contributed by atoms with Crippen LogP contribution < -0.4 is 0 Å². The quantitative estimate of drug-likeness (QED) is 0.647. The number of halogens is 1. The van der Waals surface area contributed by atoms with Crippen molar-refractivity contribution in [3.63, 3.8) is 0 Å². The van der Waals surface area contributed by atoms with Gasteiger partial charge < -0.3 is 9.84 Å². The molecule has 18 heavy (non-hydrogen) atoms. The molecule has 0 radical (unpaired) electrons. The number of benzene rings is 1. The number of phenolic OH excluding ortho intramolecular Hbond substituents is 1. The Morgan fingerprint density at radius 3 is 2.83 bits per heavy atom. The maximum atomic E-state index is 11.1. The SMILES string of the molecule is COC(=O)CCCc1ccc(I)c(O)c1C1CC1. The minimum absolute atomic E-state index is 0.169. The van der Waals surface area contributed by atoms with Gasteiger partial charge in [0.15, 0.2) is 0 Å². The Morgan fingerprint density at radius 2 is 2.22 bits per heavy atom. The normalized spacial score (nSPS) is 14.6. The third-order valence-electron chi connectivity index (χ3n) is 3.30. The first-order valence-corrected chi connectivity index (χ1v) is 7.28. The molecule has 0 aliphatic heterocycles. The van der Waals surface area contributed by atoms with E-state index in [-0.39, 0.29) is 5.97 Å². The summed E-state index contributed by atoms with van der Waals surface area (Å²) in [6, 6.07) is 4.02. The molecule has 1 saturated carbocycles. The molecule has 1 N–H and O–H groups in total. The van der Waals surface area contributed by atoms with E-state index in [0.717, 1.165) is 34.8 Å². The first-order valence-electron chi connectivity index (χ1n) is 6.20. The number of aryl methyl sites for hydroxylation is 1. The molecule has 1 aliphatic rings. The molecule has 1 aromatic rings. The van der Waals surface area contributed by atoms with E-state index in [2.05, 4.69) is 33.4 Å². The predicted octanol–water partition coefficient (Wildman–Crippen LogP) is 3.37. The molecule has 0 bridgehead atoms. The van der Waals surface area contributed by atoms with Crippen LogP contribution in [-0.4, -0.2) is 18.2 Å². The number of methoxy groups -OCH3 is 1. The average Bonchev–Trinajstić information content (AvgIpc) is 3.17. The van der Waals surface area contributed by atoms with Gasteiger partial charge in [-0.3, -0.25) is 4.79 Å². The molecule has 2 rings (SSSR count). The second kappa shape index (κ2) is 5.91. The predicted molar refractivity (Wildman–Crippen MR) is 77.8 cm³/mol. The van der Waals surface area contributed by atoms with Crippen molar-refractivity contribution in [1.82, 2.24) is 0 Å². The Balaban J connectivity index is 2.08. The highest BCUT2D eigenvalue weighted by molar-refractivity contribution is 14.1. The number of hydrogen-bond donors (Lipinski definition) is 1. The van der Waals surface area contributed by atoms with Crippen molar-refractivity contribution in [2.75, 3.05) is 7.11 Å². The van der Waals surface area contributed by atoms with Crippen LogP contribution in [-0.2, 0) is 16.0 Å². The van der Waals surface area contributed by atoms with Crippen LogP contribution in [0.1, 0.15) is 42.7 Å². The zero-order chi connectivity index (χ0) is 13.1. The fraction of sp³-hybridized carbons (Fsp3) is 0.500. The van der Waals surface area contributed by atoms with Crippen LogP contribution >= 0.6 is 22.6 Å². The van der Waals surface area contributed by atoms with Crippen LogP contribution in [0.3, 0.4) is 0 Å². The van der Waals surface area contributed by atoms with E-state index in [9.17, 15) is 9.90 Å². The molecule has 0 spiro atoms. The molecular formula is C14H17IO3. The maximum absolute atomic E-state index is 11.1. The summed E-state index contributed by atoms with van der Waals surface area (Å²) in [5, 5.41) is 10.1. The second-order valence-electron chi connectivity index (χ2n) is 4.67. The third kappa shape index (κ3) is 3.16. The van der Waals surface area contributed by atoms with E-state index in [1.807, 2.05) is 6.07 Å². The van der Waals surface area contributed by atoms with Crippen LogP contribution in [0.5, 0.6) is 5.75 Å². The van der Waals surface area contributed by atoms with E-state index in [4.69, 9.17) is 0 Å². The summed E-state index contributed by atoms with van der Waals surface area (Å²) in [7, 11) is 1.41. The van der Waals surface area contributed by atoms with Crippen molar-refractivity contribution in [1.29, 1.82) is 0 Å². The maximum Gasteiger partial charge on any atom is 0.305 e. The molecule has 1 aromatic carbocycles. The summed E-state index contributed by atoms with van der Waals surface area (Å²) in [6.45, 7) is 0. The van der Waals surface area contributed by atoms with Crippen molar-refractivity contribution in [3.8, 4) is 5.75 Å². The zero-order valence-electron chi connectivity index (χ0n) is 10.4. The lowest BCUT2D eigenvalue weighted by atomic mass is 9.97. The molecule has 3 nitrogen and oxygen atoms in total. The number of ether oxygens (including phenoxy) is 1. The van der Waals surface area contributed by atoms with Gasteiger partial charge in [-0.05, 0) is 65.8 Å². The first kappa shape index (κ1) is 13.6. The van der Waals surface area contributed by atoms with E-state index >= 15 is 0 Å². The highest BCUT2D eigenvalue weighted by atomic mass is 127. The Bertz CT molecular complexity index is 453. The molecule has 0 atom stereocenters. The van der Waals surface area contributed by atoms with Gasteiger partial charge in [0.2, 0.25) is 0 Å². The van der Waals surface area contributed by atoms with E-state index in [0.29, 0.717) is 18.1 Å². The number of hydrogen-bond acceptors (Lipinski definition) is 3. The molecule has 1 aliphatic carbocycles. The molecule has 0 aromatic heterocycles. The van der Waals surface area contributed by atoms with E-state index in [1.54, 1.807) is 0 Å². The average molecular weight is 360 g/mol. The molecule has 0 unspecified atom stereocenters. The van der Waals surface area contributed by atoms with Crippen molar-refractivity contribution in [3.05, 3.63) is 26.8 Å². The fourth-order valence-corrected chi connectivity index (χ4v) is 2.66. The van der Waals surface area contributed by atoms with Gasteiger partial charge in [0.05, 0.1) is 10.7 Å². The minimum Gasteiger partial charge on any atom is -0.507 e. The van der Waals surface area contributed by atoms with Gasteiger partial charge in [0.25, 0.3) is 0 Å². The molecule has 4 heteroatoms. The van der Waals surface area contributed by atoms with Gasteiger partial charge >= 0.3 is 5.97 Å². The lowest BCUT2D eigenvalue weighted by Gasteiger charge is -2.12. The topological polar surface area (TPSA) is 46.5 Å². The molecule has 0 heterocycles. The van der Waals surface area contributed by atoms with Crippen molar-refractivity contribution in [2.45, 2.75) is 38.0 Å². The Hall–Kier alpha value is -0.780. The summed E-state index contributed by atoms with van der Waals surface area (Å²) in [5.41, 5.74) is 2.28. The number of carbonyl (C=O) groups is 1. The highest BCUT2D eigenvalue weighted by Crippen LogP contribution is 2.47. The second-order valence-corrected chi connectivity index (χ2v) is 5.83. The lowest BCUT2D eigenvalue weighted by Crippen LogP contribution is -2.02. The van der Waals surface area contributed by atoms with Gasteiger partial charge in [-0.2, -0.15) is 0 Å². The highest BCUT2D eigenvalue weighted by Gasteiger charge is 2.29. The standard InChI is InChI=1S/C14H17IO3/c1-18-12(16)4-2-3-9-7-8-11(15)14(17)13(9)10-5-6-10/h7-8,10,17H,2-6H2,1H3. The monoisotopic (exact) mass is 360 g/mol. The number of carbonyl (C=O) groups excluding carboxylic acids is 1. The molecule has 0 amide bonds. The Morgan fingerprint density at radius 1 is 1.50 bits per heavy atom. The van der Waals surface area contributed by atoms with Crippen LogP contribution in [0.25, 0.3) is 0 Å². The summed E-state index contributed by atoms with van der Waals surface area (Å²) in [4.78, 5) is 11.1. The van der Waals surface area contributed by atoms with Crippen LogP contribution in [0, 0.1) is 3.57 Å².